The maximum absolute atomic E-state index is 11.9. The summed E-state index contributed by atoms with van der Waals surface area (Å²) >= 11 is 3.69. The summed E-state index contributed by atoms with van der Waals surface area (Å²) < 4.78 is 2.97. The van der Waals surface area contributed by atoms with Gasteiger partial charge in [-0.2, -0.15) is 0 Å². The number of hydrogen-bond donors (Lipinski definition) is 1. The molecule has 0 radical (unpaired) electrons. The Balaban J connectivity index is 1.59. The standard InChI is InChI=1S/C23H19BrN4O/c24-17-4-2-1-3-15(17)20-16-7-14(23-8-13(9-23)10-23)5-6-18(16)28-12-27-21(22(25)29)19(28)11-26-20/h1-7,12-13H,8-11H2,(H2,25,29). The first-order chi connectivity index (χ1) is 14.1. The molecule has 2 heterocycles. The molecule has 29 heavy (non-hydrogen) atoms. The summed E-state index contributed by atoms with van der Waals surface area (Å²) in [6, 6.07) is 14.8. The van der Waals surface area contributed by atoms with Gasteiger partial charge in [0.05, 0.1) is 23.6 Å². The average Bonchev–Trinajstić information content (AvgIpc) is 2.98. The van der Waals surface area contributed by atoms with Crippen molar-refractivity contribution in [3.8, 4) is 5.69 Å². The van der Waals surface area contributed by atoms with Crippen molar-refractivity contribution >= 4 is 27.5 Å². The number of carbonyl (C=O) groups is 1. The third kappa shape index (κ3) is 2.35. The Labute approximate surface area is 176 Å². The zero-order valence-corrected chi connectivity index (χ0v) is 17.3. The maximum Gasteiger partial charge on any atom is 0.269 e. The van der Waals surface area contributed by atoms with E-state index in [4.69, 9.17) is 10.7 Å². The van der Waals surface area contributed by atoms with E-state index in [0.29, 0.717) is 12.0 Å². The Kier molecular flexibility index (Phi) is 3.48. The summed E-state index contributed by atoms with van der Waals surface area (Å²) in [5, 5.41) is 0. The van der Waals surface area contributed by atoms with Crippen molar-refractivity contribution in [2.75, 3.05) is 0 Å². The minimum Gasteiger partial charge on any atom is -0.364 e. The third-order valence-corrected chi connectivity index (χ3v) is 7.47. The van der Waals surface area contributed by atoms with E-state index in [-0.39, 0.29) is 5.69 Å². The molecule has 3 saturated carbocycles. The second kappa shape index (κ2) is 5.89. The van der Waals surface area contributed by atoms with Crippen LogP contribution in [0, 0.1) is 5.92 Å². The van der Waals surface area contributed by atoms with Gasteiger partial charge in [0.2, 0.25) is 0 Å². The van der Waals surface area contributed by atoms with Crippen LogP contribution < -0.4 is 5.73 Å². The Bertz CT molecular complexity index is 1210. The van der Waals surface area contributed by atoms with Crippen LogP contribution in [-0.4, -0.2) is 21.2 Å². The van der Waals surface area contributed by atoms with Gasteiger partial charge in [-0.05, 0) is 54.4 Å². The number of nitrogens with two attached hydrogens (primary N) is 1. The molecule has 2 aromatic carbocycles. The average molecular weight is 447 g/mol. The highest BCUT2D eigenvalue weighted by atomic mass is 79.9. The van der Waals surface area contributed by atoms with Gasteiger partial charge in [-0.3, -0.25) is 14.4 Å². The molecule has 3 aromatic rings. The molecule has 0 atom stereocenters. The van der Waals surface area contributed by atoms with Gasteiger partial charge in [0.15, 0.2) is 5.69 Å². The fraction of sp³-hybridized carbons (Fsp3) is 0.261. The highest BCUT2D eigenvalue weighted by Gasteiger charge is 2.57. The second-order valence-electron chi connectivity index (χ2n) is 8.41. The van der Waals surface area contributed by atoms with Gasteiger partial charge >= 0.3 is 0 Å². The predicted octanol–water partition coefficient (Wildman–Crippen LogP) is 4.14. The van der Waals surface area contributed by atoms with Crippen molar-refractivity contribution < 1.29 is 4.79 Å². The van der Waals surface area contributed by atoms with Crippen LogP contribution in [0.15, 0.2) is 58.3 Å². The van der Waals surface area contributed by atoms with E-state index in [1.807, 2.05) is 22.8 Å². The highest BCUT2D eigenvalue weighted by molar-refractivity contribution is 9.10. The smallest absolute Gasteiger partial charge is 0.269 e. The molecule has 144 valence electrons. The molecule has 1 amide bonds. The molecule has 2 N–H and O–H groups in total. The van der Waals surface area contributed by atoms with Gasteiger partial charge < -0.3 is 5.73 Å². The van der Waals surface area contributed by atoms with Crippen LogP contribution in [0.1, 0.15) is 52.1 Å². The topological polar surface area (TPSA) is 73.3 Å². The van der Waals surface area contributed by atoms with Crippen LogP contribution >= 0.6 is 15.9 Å². The quantitative estimate of drug-likeness (QED) is 0.656. The lowest BCUT2D eigenvalue weighted by Gasteiger charge is -2.62. The van der Waals surface area contributed by atoms with Crippen LogP contribution in [0.25, 0.3) is 5.69 Å². The molecule has 3 fully saturated rings. The van der Waals surface area contributed by atoms with Crippen LogP contribution in [0.4, 0.5) is 0 Å². The van der Waals surface area contributed by atoms with Crippen molar-refractivity contribution in [1.29, 1.82) is 0 Å². The van der Waals surface area contributed by atoms with E-state index in [0.717, 1.165) is 38.6 Å². The molecule has 4 aliphatic rings. The molecule has 5 nitrogen and oxygen atoms in total. The molecule has 2 bridgehead atoms. The Morgan fingerprint density at radius 1 is 1.14 bits per heavy atom. The van der Waals surface area contributed by atoms with E-state index < -0.39 is 5.91 Å². The number of hydrogen-bond acceptors (Lipinski definition) is 3. The first kappa shape index (κ1) is 17.2. The molecule has 0 unspecified atom stereocenters. The summed E-state index contributed by atoms with van der Waals surface area (Å²) in [7, 11) is 0. The van der Waals surface area contributed by atoms with Gasteiger partial charge in [0.25, 0.3) is 5.91 Å². The molecule has 0 spiro atoms. The highest BCUT2D eigenvalue weighted by Crippen LogP contribution is 2.65. The summed E-state index contributed by atoms with van der Waals surface area (Å²) in [6.07, 6.45) is 5.59. The number of carbonyl (C=O) groups excluding carboxylic acids is 1. The van der Waals surface area contributed by atoms with E-state index >= 15 is 0 Å². The van der Waals surface area contributed by atoms with Gasteiger partial charge in [-0.1, -0.05) is 40.2 Å². The Hall–Kier alpha value is -2.73. The minimum absolute atomic E-state index is 0.288. The predicted molar refractivity (Wildman–Crippen MR) is 115 cm³/mol. The number of fused-ring (bicyclic) bond motifs is 3. The fourth-order valence-electron chi connectivity index (χ4n) is 5.16. The van der Waals surface area contributed by atoms with Gasteiger partial charge in [0, 0.05) is 15.6 Å². The second-order valence-corrected chi connectivity index (χ2v) is 9.26. The van der Waals surface area contributed by atoms with Crippen LogP contribution in [0.5, 0.6) is 0 Å². The fourth-order valence-corrected chi connectivity index (χ4v) is 5.63. The van der Waals surface area contributed by atoms with Crippen molar-refractivity contribution in [3.63, 3.8) is 0 Å². The lowest BCUT2D eigenvalue weighted by atomic mass is 9.42. The normalized spacial score (nSPS) is 23.8. The van der Waals surface area contributed by atoms with E-state index in [2.05, 4.69) is 45.2 Å². The number of aromatic nitrogens is 2. The lowest BCUT2D eigenvalue weighted by molar-refractivity contribution is -0.0274. The maximum atomic E-state index is 11.9. The molecule has 3 aliphatic carbocycles. The first-order valence-electron chi connectivity index (χ1n) is 9.86. The lowest BCUT2D eigenvalue weighted by Crippen LogP contribution is -2.55. The number of amides is 1. The molecule has 1 aliphatic heterocycles. The van der Waals surface area contributed by atoms with Crippen molar-refractivity contribution in [3.05, 3.63) is 81.3 Å². The molecule has 6 heteroatoms. The van der Waals surface area contributed by atoms with Crippen molar-refractivity contribution in [1.82, 2.24) is 9.55 Å². The third-order valence-electron chi connectivity index (χ3n) is 6.78. The zero-order chi connectivity index (χ0) is 19.8. The van der Waals surface area contributed by atoms with E-state index in [1.165, 1.54) is 24.8 Å². The van der Waals surface area contributed by atoms with Gasteiger partial charge in [-0.15, -0.1) is 0 Å². The Morgan fingerprint density at radius 2 is 1.93 bits per heavy atom. The number of primary amides is 1. The van der Waals surface area contributed by atoms with Gasteiger partial charge in [-0.25, -0.2) is 4.98 Å². The SMILES string of the molecule is NC(=O)c1ncn2c1CN=C(c1ccccc1Br)c1cc(C34CC(C3)C4)ccc1-2. The Morgan fingerprint density at radius 3 is 2.62 bits per heavy atom. The molecule has 0 saturated heterocycles. The monoisotopic (exact) mass is 446 g/mol. The van der Waals surface area contributed by atoms with Gasteiger partial charge in [0.1, 0.15) is 6.33 Å². The zero-order valence-electron chi connectivity index (χ0n) is 15.7. The van der Waals surface area contributed by atoms with E-state index in [1.54, 1.807) is 6.33 Å². The number of benzene rings is 2. The molecular weight excluding hydrogens is 428 g/mol. The van der Waals surface area contributed by atoms with Crippen LogP contribution in [-0.2, 0) is 12.0 Å². The molecule has 1 aromatic heterocycles. The summed E-state index contributed by atoms with van der Waals surface area (Å²) in [5.74, 6) is 0.397. The van der Waals surface area contributed by atoms with Crippen molar-refractivity contribution in [2.24, 2.45) is 16.6 Å². The summed E-state index contributed by atoms with van der Waals surface area (Å²) in [5.41, 5.74) is 12.4. The largest absolute Gasteiger partial charge is 0.364 e. The summed E-state index contributed by atoms with van der Waals surface area (Å²) in [4.78, 5) is 21.1. The number of rotatable bonds is 3. The summed E-state index contributed by atoms with van der Waals surface area (Å²) in [6.45, 7) is 0.353. The van der Waals surface area contributed by atoms with Crippen LogP contribution in [0.3, 0.4) is 0 Å². The molecular formula is C23H19BrN4O. The van der Waals surface area contributed by atoms with E-state index in [9.17, 15) is 4.79 Å². The number of halogens is 1. The number of imidazole rings is 1. The number of aliphatic imine (C=N–C) groups is 1. The number of nitrogens with zero attached hydrogens (tertiary/aromatic N) is 3. The molecule has 7 rings (SSSR count). The van der Waals surface area contributed by atoms with Crippen LogP contribution in [0.2, 0.25) is 0 Å². The minimum atomic E-state index is -0.523. The first-order valence-corrected chi connectivity index (χ1v) is 10.7. The van der Waals surface area contributed by atoms with Crippen molar-refractivity contribution in [2.45, 2.75) is 31.2 Å².